The van der Waals surface area contributed by atoms with Crippen LogP contribution in [0.25, 0.3) is 6.08 Å². The molecule has 1 N–H and O–H groups in total. The lowest BCUT2D eigenvalue weighted by atomic mass is 10.0. The average Bonchev–Trinajstić information content (AvgIpc) is 2.34. The highest BCUT2D eigenvalue weighted by atomic mass is 16.5. The molecule has 18 heavy (non-hydrogen) atoms. The quantitative estimate of drug-likeness (QED) is 0.652. The predicted octanol–water partition coefficient (Wildman–Crippen LogP) is 1.89. The van der Waals surface area contributed by atoms with E-state index in [0.717, 1.165) is 11.6 Å². The highest BCUT2D eigenvalue weighted by Gasteiger charge is 2.17. The molecule has 0 atom stereocenters. The Labute approximate surface area is 105 Å². The Morgan fingerprint density at radius 1 is 1.28 bits per heavy atom. The van der Waals surface area contributed by atoms with E-state index < -0.39 is 11.9 Å². The van der Waals surface area contributed by atoms with Crippen molar-refractivity contribution in [3.8, 4) is 5.75 Å². The molecule has 0 bridgehead atoms. The Bertz CT molecular complexity index is 502. The number of rotatable bonds is 4. The van der Waals surface area contributed by atoms with Crippen LogP contribution in [-0.4, -0.2) is 31.3 Å². The van der Waals surface area contributed by atoms with Gasteiger partial charge < -0.3 is 14.6 Å². The van der Waals surface area contributed by atoms with Crippen molar-refractivity contribution in [2.24, 2.45) is 0 Å². The van der Waals surface area contributed by atoms with Crippen LogP contribution >= 0.6 is 0 Å². The maximum Gasteiger partial charge on any atom is 0.342 e. The van der Waals surface area contributed by atoms with E-state index in [1.165, 1.54) is 20.3 Å². The number of aliphatic carboxylic acids is 1. The minimum atomic E-state index is -1.09. The van der Waals surface area contributed by atoms with Gasteiger partial charge in [-0.15, -0.1) is 0 Å². The summed E-state index contributed by atoms with van der Waals surface area (Å²) in [5, 5.41) is 8.62. The van der Waals surface area contributed by atoms with Gasteiger partial charge in [0.1, 0.15) is 11.3 Å². The van der Waals surface area contributed by atoms with Crippen LogP contribution in [0, 0.1) is 6.92 Å². The summed E-state index contributed by atoms with van der Waals surface area (Å²) in [5.74, 6) is -1.31. The maximum absolute atomic E-state index is 11.7. The van der Waals surface area contributed by atoms with Gasteiger partial charge in [-0.3, -0.25) is 0 Å². The van der Waals surface area contributed by atoms with Crippen molar-refractivity contribution < 1.29 is 24.2 Å². The van der Waals surface area contributed by atoms with Crippen LogP contribution in [-0.2, 0) is 9.53 Å². The molecule has 0 radical (unpaired) electrons. The van der Waals surface area contributed by atoms with E-state index in [9.17, 15) is 9.59 Å². The maximum atomic E-state index is 11.7. The van der Waals surface area contributed by atoms with E-state index in [-0.39, 0.29) is 5.56 Å². The second-order valence-electron chi connectivity index (χ2n) is 3.59. The molecule has 1 rings (SSSR count). The van der Waals surface area contributed by atoms with Crippen LogP contribution in [0.1, 0.15) is 21.5 Å². The molecule has 1 aromatic carbocycles. The van der Waals surface area contributed by atoms with E-state index in [2.05, 4.69) is 4.74 Å². The lowest BCUT2D eigenvalue weighted by Gasteiger charge is -2.11. The summed E-state index contributed by atoms with van der Waals surface area (Å²) in [5.41, 5.74) is 1.51. The number of carboxylic acid groups (broad SMARTS) is 1. The van der Waals surface area contributed by atoms with Gasteiger partial charge in [-0.2, -0.15) is 0 Å². The molecular weight excluding hydrogens is 236 g/mol. The van der Waals surface area contributed by atoms with Crippen LogP contribution in [0.2, 0.25) is 0 Å². The summed E-state index contributed by atoms with van der Waals surface area (Å²) in [4.78, 5) is 22.2. The minimum absolute atomic E-state index is 0.211. The van der Waals surface area contributed by atoms with Crippen LogP contribution in [0.5, 0.6) is 5.75 Å². The summed E-state index contributed by atoms with van der Waals surface area (Å²) in [6.45, 7) is 1.82. The van der Waals surface area contributed by atoms with Crippen molar-refractivity contribution in [3.63, 3.8) is 0 Å². The SMILES string of the molecule is COC(=O)c1c(C=CC(=O)O)cc(C)cc1OC. The van der Waals surface area contributed by atoms with Crippen molar-refractivity contribution in [1.29, 1.82) is 0 Å². The van der Waals surface area contributed by atoms with Crippen molar-refractivity contribution >= 4 is 18.0 Å². The Morgan fingerprint density at radius 3 is 2.44 bits per heavy atom. The number of hydrogen-bond donors (Lipinski definition) is 1. The summed E-state index contributed by atoms with van der Waals surface area (Å²) in [6.07, 6.45) is 2.30. The number of methoxy groups -OCH3 is 2. The fourth-order valence-corrected chi connectivity index (χ4v) is 1.55. The smallest absolute Gasteiger partial charge is 0.342 e. The predicted molar refractivity (Wildman–Crippen MR) is 65.7 cm³/mol. The van der Waals surface area contributed by atoms with Crippen molar-refractivity contribution in [1.82, 2.24) is 0 Å². The molecule has 0 amide bonds. The zero-order valence-electron chi connectivity index (χ0n) is 10.4. The second-order valence-corrected chi connectivity index (χ2v) is 3.59. The molecule has 0 spiro atoms. The van der Waals surface area contributed by atoms with Gasteiger partial charge in [0.2, 0.25) is 0 Å². The first-order valence-electron chi connectivity index (χ1n) is 5.17. The molecule has 0 aliphatic rings. The van der Waals surface area contributed by atoms with Crippen LogP contribution in [0.4, 0.5) is 0 Å². The number of carbonyl (C=O) groups is 2. The monoisotopic (exact) mass is 250 g/mol. The first-order valence-corrected chi connectivity index (χ1v) is 5.17. The van der Waals surface area contributed by atoms with E-state index in [1.807, 2.05) is 6.92 Å². The van der Waals surface area contributed by atoms with Gasteiger partial charge in [0.05, 0.1) is 14.2 Å². The number of carboxylic acids is 1. The Hall–Kier alpha value is -2.30. The molecule has 1 aromatic rings. The van der Waals surface area contributed by atoms with Gasteiger partial charge in [0.25, 0.3) is 0 Å². The van der Waals surface area contributed by atoms with Gasteiger partial charge in [-0.05, 0) is 30.2 Å². The lowest BCUT2D eigenvalue weighted by Crippen LogP contribution is -2.07. The van der Waals surface area contributed by atoms with Gasteiger partial charge >= 0.3 is 11.9 Å². The number of carbonyl (C=O) groups excluding carboxylic acids is 1. The number of aryl methyl sites for hydroxylation is 1. The molecule has 0 saturated heterocycles. The van der Waals surface area contributed by atoms with Crippen LogP contribution in [0.15, 0.2) is 18.2 Å². The lowest BCUT2D eigenvalue weighted by molar-refractivity contribution is -0.131. The average molecular weight is 250 g/mol. The Kier molecular flexibility index (Phi) is 4.48. The molecule has 5 nitrogen and oxygen atoms in total. The van der Waals surface area contributed by atoms with Gasteiger partial charge in [-0.25, -0.2) is 9.59 Å². The number of ether oxygens (including phenoxy) is 2. The molecular formula is C13H14O5. The largest absolute Gasteiger partial charge is 0.496 e. The van der Waals surface area contributed by atoms with E-state index in [1.54, 1.807) is 12.1 Å². The molecule has 96 valence electrons. The van der Waals surface area contributed by atoms with Crippen LogP contribution in [0.3, 0.4) is 0 Å². The molecule has 0 unspecified atom stereocenters. The third-order valence-corrected chi connectivity index (χ3v) is 2.29. The first kappa shape index (κ1) is 13.8. The molecule has 0 aromatic heterocycles. The molecule has 0 aliphatic carbocycles. The molecule has 0 fully saturated rings. The third-order valence-electron chi connectivity index (χ3n) is 2.29. The van der Waals surface area contributed by atoms with Crippen molar-refractivity contribution in [2.75, 3.05) is 14.2 Å². The molecule has 0 saturated carbocycles. The molecule has 5 heteroatoms. The van der Waals surface area contributed by atoms with Gasteiger partial charge in [-0.1, -0.05) is 6.07 Å². The van der Waals surface area contributed by atoms with Crippen LogP contribution < -0.4 is 4.74 Å². The number of hydrogen-bond acceptors (Lipinski definition) is 4. The fourth-order valence-electron chi connectivity index (χ4n) is 1.55. The second kappa shape index (κ2) is 5.86. The molecule has 0 aliphatic heterocycles. The summed E-state index contributed by atoms with van der Waals surface area (Å²) >= 11 is 0. The fraction of sp³-hybridized carbons (Fsp3) is 0.231. The molecule has 0 heterocycles. The van der Waals surface area contributed by atoms with E-state index in [0.29, 0.717) is 11.3 Å². The Balaban J connectivity index is 3.41. The number of benzene rings is 1. The summed E-state index contributed by atoms with van der Waals surface area (Å²) in [6, 6.07) is 3.37. The highest BCUT2D eigenvalue weighted by molar-refractivity contribution is 5.98. The first-order chi connectivity index (χ1) is 8.49. The van der Waals surface area contributed by atoms with Crippen molar-refractivity contribution in [3.05, 3.63) is 34.9 Å². The third kappa shape index (κ3) is 3.10. The summed E-state index contributed by atoms with van der Waals surface area (Å²) in [7, 11) is 2.69. The van der Waals surface area contributed by atoms with Gasteiger partial charge in [0, 0.05) is 6.08 Å². The summed E-state index contributed by atoms with van der Waals surface area (Å²) < 4.78 is 9.78. The van der Waals surface area contributed by atoms with E-state index in [4.69, 9.17) is 9.84 Å². The van der Waals surface area contributed by atoms with E-state index >= 15 is 0 Å². The number of esters is 1. The van der Waals surface area contributed by atoms with Crippen molar-refractivity contribution in [2.45, 2.75) is 6.92 Å². The Morgan fingerprint density at radius 2 is 1.94 bits per heavy atom. The minimum Gasteiger partial charge on any atom is -0.496 e. The van der Waals surface area contributed by atoms with Gasteiger partial charge in [0.15, 0.2) is 0 Å². The normalized spacial score (nSPS) is 10.4. The highest BCUT2D eigenvalue weighted by Crippen LogP contribution is 2.26. The standard InChI is InChI=1S/C13H14O5/c1-8-6-9(4-5-11(14)15)12(13(16)18-3)10(7-8)17-2/h4-7H,1-3H3,(H,14,15). The zero-order chi connectivity index (χ0) is 13.7. The topological polar surface area (TPSA) is 72.8 Å². The zero-order valence-corrected chi connectivity index (χ0v) is 10.4.